The van der Waals surface area contributed by atoms with Crippen LogP contribution in [0.25, 0.3) is 11.3 Å². The smallest absolute Gasteiger partial charge is 0.299 e. The van der Waals surface area contributed by atoms with Crippen molar-refractivity contribution in [2.75, 3.05) is 18.9 Å². The molecule has 0 atom stereocenters. The number of carbonyl (C=O) groups is 1. The molecule has 3 N–H and O–H groups in total. The van der Waals surface area contributed by atoms with Crippen molar-refractivity contribution >= 4 is 17.6 Å². The zero-order chi connectivity index (χ0) is 22.3. The van der Waals surface area contributed by atoms with Crippen LogP contribution >= 0.6 is 0 Å². The Morgan fingerprint density at radius 3 is 2.44 bits per heavy atom. The summed E-state index contributed by atoms with van der Waals surface area (Å²) in [6.07, 6.45) is 1.67. The second-order valence-electron chi connectivity index (χ2n) is 7.21. The van der Waals surface area contributed by atoms with Crippen LogP contribution in [-0.4, -0.2) is 29.4 Å². The Kier molecular flexibility index (Phi) is 6.48. The van der Waals surface area contributed by atoms with Gasteiger partial charge in [0.25, 0.3) is 6.01 Å². The number of benzene rings is 3. The van der Waals surface area contributed by atoms with Crippen molar-refractivity contribution in [1.82, 2.24) is 9.88 Å². The molecule has 0 saturated heterocycles. The summed E-state index contributed by atoms with van der Waals surface area (Å²) in [5.41, 5.74) is 8.10. The molecule has 7 nitrogen and oxygen atoms in total. The molecule has 0 spiro atoms. The Morgan fingerprint density at radius 1 is 1.00 bits per heavy atom. The minimum absolute atomic E-state index is 0.0236. The summed E-state index contributed by atoms with van der Waals surface area (Å²) in [7, 11) is 1.73. The van der Waals surface area contributed by atoms with Gasteiger partial charge in [0, 0.05) is 24.8 Å². The number of oxazole rings is 1. The molecule has 0 saturated carbocycles. The molecule has 1 heterocycles. The number of nitrogens with two attached hydrogens (primary N) is 1. The van der Waals surface area contributed by atoms with Gasteiger partial charge in [-0.15, -0.1) is 0 Å². The van der Waals surface area contributed by atoms with E-state index in [9.17, 15) is 4.79 Å². The van der Waals surface area contributed by atoms with Gasteiger partial charge in [-0.05, 0) is 42.0 Å². The van der Waals surface area contributed by atoms with Crippen LogP contribution in [0.4, 0.5) is 11.7 Å². The van der Waals surface area contributed by atoms with Crippen molar-refractivity contribution in [3.05, 3.63) is 90.6 Å². The quantitative estimate of drug-likeness (QED) is 0.419. The number of rotatable bonds is 8. The van der Waals surface area contributed by atoms with Crippen molar-refractivity contribution in [2.24, 2.45) is 5.73 Å². The van der Waals surface area contributed by atoms with E-state index >= 15 is 0 Å². The van der Waals surface area contributed by atoms with E-state index in [-0.39, 0.29) is 12.5 Å². The standard InChI is InChI=1S/C25H24N4O3/c1-29(24(30)15-26)17-18-7-5-6-10-22(18)23-16-27-25(32-23)28-19-11-13-21(14-12-19)31-20-8-3-2-4-9-20/h2-14,16H,15,17,26H2,1H3,(H,27,28). The molecule has 0 aliphatic heterocycles. The first-order chi connectivity index (χ1) is 15.6. The molecular weight excluding hydrogens is 404 g/mol. The van der Waals surface area contributed by atoms with Crippen molar-refractivity contribution in [3.63, 3.8) is 0 Å². The van der Waals surface area contributed by atoms with Crippen LogP contribution < -0.4 is 15.8 Å². The highest BCUT2D eigenvalue weighted by Crippen LogP contribution is 2.29. The summed E-state index contributed by atoms with van der Waals surface area (Å²) in [4.78, 5) is 17.8. The number of para-hydroxylation sites is 1. The Bertz CT molecular complexity index is 1170. The average molecular weight is 428 g/mol. The van der Waals surface area contributed by atoms with E-state index in [1.54, 1.807) is 18.1 Å². The third kappa shape index (κ3) is 5.14. The van der Waals surface area contributed by atoms with Gasteiger partial charge in [0.05, 0.1) is 12.7 Å². The molecule has 32 heavy (non-hydrogen) atoms. The first-order valence-corrected chi connectivity index (χ1v) is 10.2. The Morgan fingerprint density at radius 2 is 1.69 bits per heavy atom. The second-order valence-corrected chi connectivity index (χ2v) is 7.21. The fourth-order valence-electron chi connectivity index (χ4n) is 3.21. The largest absolute Gasteiger partial charge is 0.457 e. The molecule has 0 aliphatic carbocycles. The van der Waals surface area contributed by atoms with Gasteiger partial charge in [-0.1, -0.05) is 42.5 Å². The fourth-order valence-corrected chi connectivity index (χ4v) is 3.21. The number of likely N-dealkylation sites (N-methyl/N-ethyl adjacent to an activating group) is 1. The van der Waals surface area contributed by atoms with E-state index in [2.05, 4.69) is 10.3 Å². The van der Waals surface area contributed by atoms with Crippen LogP contribution in [0.5, 0.6) is 11.5 Å². The number of ether oxygens (including phenoxy) is 1. The van der Waals surface area contributed by atoms with Crippen LogP contribution in [0.2, 0.25) is 0 Å². The molecule has 0 bridgehead atoms. The molecule has 4 rings (SSSR count). The van der Waals surface area contributed by atoms with Crippen LogP contribution in [0.3, 0.4) is 0 Å². The lowest BCUT2D eigenvalue weighted by molar-refractivity contribution is -0.128. The van der Waals surface area contributed by atoms with E-state index in [0.717, 1.165) is 28.3 Å². The Labute approximate surface area is 186 Å². The maximum Gasteiger partial charge on any atom is 0.299 e. The lowest BCUT2D eigenvalue weighted by Gasteiger charge is -2.17. The molecule has 0 aliphatic rings. The maximum absolute atomic E-state index is 11.8. The molecule has 7 heteroatoms. The van der Waals surface area contributed by atoms with Gasteiger partial charge in [-0.25, -0.2) is 4.98 Å². The molecule has 1 aromatic heterocycles. The Hall–Kier alpha value is -4.10. The molecule has 0 unspecified atom stereocenters. The SMILES string of the molecule is CN(Cc1ccccc1-c1cnc(Nc2ccc(Oc3ccccc3)cc2)o1)C(=O)CN. The van der Waals surface area contributed by atoms with Gasteiger partial charge in [0.1, 0.15) is 11.5 Å². The summed E-state index contributed by atoms with van der Waals surface area (Å²) in [5.74, 6) is 2.00. The van der Waals surface area contributed by atoms with Gasteiger partial charge >= 0.3 is 0 Å². The lowest BCUT2D eigenvalue weighted by Crippen LogP contribution is -2.32. The molecule has 4 aromatic rings. The molecule has 1 amide bonds. The van der Waals surface area contributed by atoms with E-state index in [4.69, 9.17) is 14.9 Å². The zero-order valence-electron chi connectivity index (χ0n) is 17.7. The third-order valence-corrected chi connectivity index (χ3v) is 4.88. The minimum atomic E-state index is -0.126. The van der Waals surface area contributed by atoms with Crippen molar-refractivity contribution in [1.29, 1.82) is 0 Å². The van der Waals surface area contributed by atoms with E-state index < -0.39 is 0 Å². The molecule has 0 fully saturated rings. The third-order valence-electron chi connectivity index (χ3n) is 4.88. The highest BCUT2D eigenvalue weighted by atomic mass is 16.5. The number of anilines is 2. The van der Waals surface area contributed by atoms with E-state index in [0.29, 0.717) is 18.3 Å². The number of nitrogens with zero attached hydrogens (tertiary/aromatic N) is 2. The summed E-state index contributed by atoms with van der Waals surface area (Å²) in [5, 5.41) is 3.16. The number of amides is 1. The first kappa shape index (κ1) is 21.1. The van der Waals surface area contributed by atoms with Gasteiger partial charge in [0.2, 0.25) is 5.91 Å². The van der Waals surface area contributed by atoms with Crippen molar-refractivity contribution in [3.8, 4) is 22.8 Å². The number of carbonyl (C=O) groups excluding carboxylic acids is 1. The molecule has 162 valence electrons. The lowest BCUT2D eigenvalue weighted by atomic mass is 10.1. The number of hydrogen-bond acceptors (Lipinski definition) is 6. The van der Waals surface area contributed by atoms with Crippen LogP contribution in [-0.2, 0) is 11.3 Å². The first-order valence-electron chi connectivity index (χ1n) is 10.2. The van der Waals surface area contributed by atoms with Crippen LogP contribution in [0.15, 0.2) is 89.5 Å². The van der Waals surface area contributed by atoms with Crippen LogP contribution in [0.1, 0.15) is 5.56 Å². The molecule has 3 aromatic carbocycles. The maximum atomic E-state index is 11.8. The van der Waals surface area contributed by atoms with Crippen molar-refractivity contribution < 1.29 is 13.9 Å². The minimum Gasteiger partial charge on any atom is -0.457 e. The van der Waals surface area contributed by atoms with Gasteiger partial charge in [0.15, 0.2) is 5.76 Å². The predicted octanol–water partition coefficient (Wildman–Crippen LogP) is 4.79. The zero-order valence-corrected chi connectivity index (χ0v) is 17.7. The van der Waals surface area contributed by atoms with Crippen LogP contribution in [0, 0.1) is 0 Å². The van der Waals surface area contributed by atoms with Crippen molar-refractivity contribution in [2.45, 2.75) is 6.54 Å². The van der Waals surface area contributed by atoms with E-state index in [1.807, 2.05) is 78.9 Å². The average Bonchev–Trinajstić information content (AvgIpc) is 3.29. The number of aromatic nitrogens is 1. The fraction of sp³-hybridized carbons (Fsp3) is 0.120. The van der Waals surface area contributed by atoms with Gasteiger partial charge < -0.3 is 25.1 Å². The summed E-state index contributed by atoms with van der Waals surface area (Å²) >= 11 is 0. The highest BCUT2D eigenvalue weighted by Gasteiger charge is 2.14. The van der Waals surface area contributed by atoms with E-state index in [1.165, 1.54) is 0 Å². The number of nitrogens with one attached hydrogen (secondary N) is 1. The molecule has 0 radical (unpaired) electrons. The number of hydrogen-bond donors (Lipinski definition) is 2. The molecular formula is C25H24N4O3. The van der Waals surface area contributed by atoms with Gasteiger partial charge in [-0.3, -0.25) is 4.79 Å². The summed E-state index contributed by atoms with van der Waals surface area (Å²) in [6.45, 7) is 0.406. The monoisotopic (exact) mass is 428 g/mol. The normalized spacial score (nSPS) is 10.6. The summed E-state index contributed by atoms with van der Waals surface area (Å²) in [6, 6.07) is 25.3. The van der Waals surface area contributed by atoms with Gasteiger partial charge in [-0.2, -0.15) is 0 Å². The summed E-state index contributed by atoms with van der Waals surface area (Å²) < 4.78 is 11.7. The predicted molar refractivity (Wildman–Crippen MR) is 124 cm³/mol. The Balaban J connectivity index is 1.45. The second kappa shape index (κ2) is 9.80. The topological polar surface area (TPSA) is 93.6 Å². The highest BCUT2D eigenvalue weighted by molar-refractivity contribution is 5.78.